The summed E-state index contributed by atoms with van der Waals surface area (Å²) in [7, 11) is -2.24. The van der Waals surface area contributed by atoms with Gasteiger partial charge in [0.15, 0.2) is 0 Å². The number of benzene rings is 1. The van der Waals surface area contributed by atoms with Crippen LogP contribution in [0.2, 0.25) is 0 Å². The minimum atomic E-state index is -2.24. The molecule has 3 atom stereocenters. The van der Waals surface area contributed by atoms with Crippen molar-refractivity contribution in [2.24, 2.45) is 0 Å². The smallest absolute Gasteiger partial charge is 0.114 e. The Balaban J connectivity index is 2.13. The summed E-state index contributed by atoms with van der Waals surface area (Å²) in [6.45, 7) is 7.79. The number of nitrogens with one attached hydrogen (secondary N) is 1. The molecule has 1 aromatic carbocycles. The van der Waals surface area contributed by atoms with Crippen molar-refractivity contribution in [1.82, 2.24) is 5.32 Å². The lowest BCUT2D eigenvalue weighted by atomic mass is 10.1. The molecule has 1 saturated heterocycles. The predicted octanol–water partition coefficient (Wildman–Crippen LogP) is 3.13. The Morgan fingerprint density at radius 1 is 1.22 bits per heavy atom. The summed E-state index contributed by atoms with van der Waals surface area (Å²) in [5.74, 6) is 0. The van der Waals surface area contributed by atoms with Gasteiger partial charge in [-0.15, -0.1) is 0 Å². The maximum Gasteiger partial charge on any atom is 0.114 e. The molecular formula is C14H20NO2P. The number of hydrogen-bond acceptors (Lipinski definition) is 3. The van der Waals surface area contributed by atoms with Crippen molar-refractivity contribution in [3.63, 3.8) is 0 Å². The van der Waals surface area contributed by atoms with Crippen LogP contribution in [0.3, 0.4) is 0 Å². The van der Waals surface area contributed by atoms with Gasteiger partial charge in [-0.25, -0.2) is 0 Å². The highest BCUT2D eigenvalue weighted by atomic mass is 31.2. The molecule has 3 nitrogen and oxygen atoms in total. The molecule has 0 aromatic heterocycles. The van der Waals surface area contributed by atoms with Crippen LogP contribution < -0.4 is 5.32 Å². The molecule has 1 heterocycles. The van der Waals surface area contributed by atoms with Crippen molar-refractivity contribution in [2.75, 3.05) is 13.3 Å². The van der Waals surface area contributed by atoms with Crippen LogP contribution in [0.15, 0.2) is 24.3 Å². The van der Waals surface area contributed by atoms with Crippen LogP contribution in [-0.2, 0) is 9.30 Å². The minimum Gasteiger partial charge on any atom is -0.355 e. The van der Waals surface area contributed by atoms with Gasteiger partial charge in [0, 0.05) is 0 Å². The molecule has 1 aliphatic heterocycles. The second-order valence-electron chi connectivity index (χ2n) is 6.22. The highest BCUT2D eigenvalue weighted by Crippen LogP contribution is 2.63. The Kier molecular flexibility index (Phi) is 2.54. The topological polar surface area (TPSA) is 38.3 Å². The van der Waals surface area contributed by atoms with Gasteiger partial charge in [0.05, 0.1) is 24.9 Å². The Morgan fingerprint density at radius 2 is 1.83 bits per heavy atom. The first-order valence-corrected chi connectivity index (χ1v) is 9.06. The maximum absolute atomic E-state index is 12.6. The second-order valence-corrected chi connectivity index (χ2v) is 9.65. The maximum atomic E-state index is 12.6. The normalized spacial score (nSPS) is 33.2. The van der Waals surface area contributed by atoms with Gasteiger partial charge >= 0.3 is 0 Å². The first kappa shape index (κ1) is 12.4. The zero-order valence-corrected chi connectivity index (χ0v) is 12.2. The molecule has 0 amide bonds. The summed E-state index contributed by atoms with van der Waals surface area (Å²) < 4.78 is 18.7. The van der Waals surface area contributed by atoms with E-state index in [1.54, 1.807) is 0 Å². The van der Waals surface area contributed by atoms with E-state index < -0.39 is 7.14 Å². The molecule has 1 aliphatic carbocycles. The zero-order chi connectivity index (χ0) is 13.1. The van der Waals surface area contributed by atoms with E-state index in [9.17, 15) is 4.57 Å². The number of fused-ring (bicyclic) bond motifs is 3. The van der Waals surface area contributed by atoms with E-state index in [2.05, 4.69) is 17.4 Å². The lowest BCUT2D eigenvalue weighted by molar-refractivity contribution is -0.0248. The van der Waals surface area contributed by atoms with E-state index in [1.165, 1.54) is 11.1 Å². The van der Waals surface area contributed by atoms with Crippen molar-refractivity contribution in [3.8, 4) is 0 Å². The molecule has 1 N–H and O–H groups in total. The molecule has 0 spiro atoms. The van der Waals surface area contributed by atoms with Crippen LogP contribution in [0, 0.1) is 0 Å². The fourth-order valence-electron chi connectivity index (χ4n) is 3.33. The third-order valence-electron chi connectivity index (χ3n) is 3.89. The molecule has 0 saturated carbocycles. The van der Waals surface area contributed by atoms with Gasteiger partial charge in [0.2, 0.25) is 0 Å². The van der Waals surface area contributed by atoms with Crippen molar-refractivity contribution in [2.45, 2.75) is 37.4 Å². The van der Waals surface area contributed by atoms with Gasteiger partial charge in [0.1, 0.15) is 5.72 Å². The highest BCUT2D eigenvalue weighted by Gasteiger charge is 2.53. The van der Waals surface area contributed by atoms with E-state index in [4.69, 9.17) is 4.74 Å². The molecule has 98 valence electrons. The third kappa shape index (κ3) is 1.77. The monoisotopic (exact) mass is 265 g/mol. The first-order valence-electron chi connectivity index (χ1n) is 6.39. The van der Waals surface area contributed by atoms with Gasteiger partial charge in [0.25, 0.3) is 0 Å². The molecule has 18 heavy (non-hydrogen) atoms. The Labute approximate surface area is 108 Å². The van der Waals surface area contributed by atoms with Crippen molar-refractivity contribution >= 4 is 7.14 Å². The minimum absolute atomic E-state index is 0.00164. The van der Waals surface area contributed by atoms with Gasteiger partial charge in [-0.05, 0) is 38.3 Å². The summed E-state index contributed by atoms with van der Waals surface area (Å²) >= 11 is 0. The van der Waals surface area contributed by atoms with Gasteiger partial charge < -0.3 is 9.30 Å². The van der Waals surface area contributed by atoms with Crippen LogP contribution in [0.5, 0.6) is 0 Å². The van der Waals surface area contributed by atoms with E-state index in [-0.39, 0.29) is 23.5 Å². The first-order chi connectivity index (χ1) is 8.30. The zero-order valence-electron chi connectivity index (χ0n) is 11.3. The van der Waals surface area contributed by atoms with Gasteiger partial charge in [-0.2, -0.15) is 0 Å². The molecule has 1 aromatic rings. The van der Waals surface area contributed by atoms with Crippen molar-refractivity contribution in [1.29, 1.82) is 0 Å². The molecule has 4 heteroatoms. The fourth-order valence-corrected chi connectivity index (χ4v) is 5.18. The standard InChI is InChI=1S/C14H20NO2P/c1-14(2)15-11-9-7-5-6-8-10(9)13(12(11)17-14)18(3,4)16/h5-8,11-13,15H,1-4H3/t11-,12-,13-/m0/s1. The lowest BCUT2D eigenvalue weighted by Gasteiger charge is -2.26. The van der Waals surface area contributed by atoms with Crippen molar-refractivity contribution < 1.29 is 9.30 Å². The lowest BCUT2D eigenvalue weighted by Crippen LogP contribution is -2.35. The van der Waals surface area contributed by atoms with E-state index in [0.29, 0.717) is 0 Å². The molecule has 0 bridgehead atoms. The third-order valence-corrected chi connectivity index (χ3v) is 5.80. The predicted molar refractivity (Wildman–Crippen MR) is 73.5 cm³/mol. The fraction of sp³-hybridized carbons (Fsp3) is 0.571. The van der Waals surface area contributed by atoms with Gasteiger partial charge in [-0.1, -0.05) is 24.3 Å². The van der Waals surface area contributed by atoms with Crippen LogP contribution in [-0.4, -0.2) is 25.2 Å². The van der Waals surface area contributed by atoms with E-state index in [1.807, 2.05) is 39.3 Å². The van der Waals surface area contributed by atoms with Crippen LogP contribution in [0.1, 0.15) is 36.7 Å². The average Bonchev–Trinajstić information content (AvgIpc) is 2.66. The molecule has 2 aliphatic rings. The molecular weight excluding hydrogens is 245 g/mol. The van der Waals surface area contributed by atoms with Crippen molar-refractivity contribution in [3.05, 3.63) is 35.4 Å². The quantitative estimate of drug-likeness (QED) is 0.793. The second kappa shape index (κ2) is 3.69. The Bertz CT molecular complexity index is 534. The van der Waals surface area contributed by atoms with Crippen LogP contribution in [0.25, 0.3) is 0 Å². The molecule has 3 rings (SSSR count). The van der Waals surface area contributed by atoms with E-state index >= 15 is 0 Å². The summed E-state index contributed by atoms with van der Waals surface area (Å²) in [5, 5.41) is 3.51. The Morgan fingerprint density at radius 3 is 2.44 bits per heavy atom. The summed E-state index contributed by atoms with van der Waals surface area (Å²) in [4.78, 5) is 0. The molecule has 1 fully saturated rings. The van der Waals surface area contributed by atoms with Crippen LogP contribution in [0.4, 0.5) is 0 Å². The summed E-state index contributed by atoms with van der Waals surface area (Å²) in [6.07, 6.45) is -0.00164. The number of hydrogen-bond donors (Lipinski definition) is 1. The Hall–Kier alpha value is -0.630. The number of rotatable bonds is 1. The number of ether oxygens (including phenoxy) is 1. The summed E-state index contributed by atoms with van der Waals surface area (Å²) in [6, 6.07) is 8.46. The van der Waals surface area contributed by atoms with Gasteiger partial charge in [-0.3, -0.25) is 5.32 Å². The highest BCUT2D eigenvalue weighted by molar-refractivity contribution is 7.62. The molecule has 0 radical (unpaired) electrons. The van der Waals surface area contributed by atoms with E-state index in [0.717, 1.165) is 0 Å². The van der Waals surface area contributed by atoms with Crippen LogP contribution >= 0.6 is 7.14 Å². The average molecular weight is 265 g/mol. The molecule has 0 unspecified atom stereocenters. The SMILES string of the molecule is CC1(C)N[C@H]2c3ccccc3[C@H](P(C)(C)=O)[C@H]2O1. The summed E-state index contributed by atoms with van der Waals surface area (Å²) in [5.41, 5.74) is 2.13. The largest absolute Gasteiger partial charge is 0.355 e.